The number of halogens is 1. The molecule has 0 aliphatic rings. The standard InChI is InChI=1S/C30H39ClN6O8S/c1-12-13-19(45-46(11,40)41)14-20-22-24(31)33-26(37(27(38)43-29(4,5)6)28(39)44-30(7,8)9)34-25(22)36(35-20)16-21-18(3)23(42-10)17(2)15-32-21/h15,19H,14,16H2,1-11H3. The van der Waals surface area contributed by atoms with Crippen LogP contribution in [0.1, 0.15) is 71.0 Å². The molecule has 0 spiro atoms. The summed E-state index contributed by atoms with van der Waals surface area (Å²) in [4.78, 5) is 40.6. The summed E-state index contributed by atoms with van der Waals surface area (Å²) >= 11 is 6.73. The molecule has 1 atom stereocenters. The van der Waals surface area contributed by atoms with Crippen molar-refractivity contribution in [1.82, 2.24) is 24.7 Å². The zero-order valence-corrected chi connectivity index (χ0v) is 29.4. The number of hydrogen-bond donors (Lipinski definition) is 0. The first-order valence-corrected chi connectivity index (χ1v) is 16.3. The fourth-order valence-corrected chi connectivity index (χ4v) is 5.13. The van der Waals surface area contributed by atoms with Gasteiger partial charge in [-0.15, -0.1) is 10.8 Å². The van der Waals surface area contributed by atoms with E-state index in [-0.39, 0.29) is 34.8 Å². The van der Waals surface area contributed by atoms with E-state index in [0.717, 1.165) is 17.4 Å². The van der Waals surface area contributed by atoms with Gasteiger partial charge in [0.05, 0.1) is 36.7 Å². The molecule has 0 saturated heterocycles. The summed E-state index contributed by atoms with van der Waals surface area (Å²) in [6, 6.07) is 0. The molecule has 3 aromatic heterocycles. The molecule has 0 radical (unpaired) electrons. The zero-order chi connectivity index (χ0) is 34.8. The first-order valence-electron chi connectivity index (χ1n) is 14.1. The molecule has 3 rings (SSSR count). The predicted molar refractivity (Wildman–Crippen MR) is 172 cm³/mol. The molecule has 0 aliphatic heterocycles. The lowest BCUT2D eigenvalue weighted by Crippen LogP contribution is -2.44. The first-order chi connectivity index (χ1) is 21.1. The molecule has 3 aromatic rings. The lowest BCUT2D eigenvalue weighted by Gasteiger charge is -2.27. The average Bonchev–Trinajstić information content (AvgIpc) is 3.20. The molecule has 0 bridgehead atoms. The molecule has 250 valence electrons. The fourth-order valence-electron chi connectivity index (χ4n) is 4.32. The number of carbonyl (C=O) groups excluding carboxylic acids is 2. The van der Waals surface area contributed by atoms with Crippen LogP contribution in [0.2, 0.25) is 5.15 Å². The van der Waals surface area contributed by atoms with Crippen LogP contribution in [0.15, 0.2) is 6.20 Å². The van der Waals surface area contributed by atoms with Gasteiger partial charge in [-0.2, -0.15) is 23.5 Å². The Balaban J connectivity index is 2.31. The Bertz CT molecular complexity index is 1790. The minimum atomic E-state index is -3.89. The molecule has 0 aromatic carbocycles. The maximum absolute atomic E-state index is 13.4. The highest BCUT2D eigenvalue weighted by molar-refractivity contribution is 7.86. The van der Waals surface area contributed by atoms with E-state index < -0.39 is 45.6 Å². The van der Waals surface area contributed by atoms with Crippen molar-refractivity contribution in [2.45, 2.75) is 92.6 Å². The number of rotatable bonds is 8. The van der Waals surface area contributed by atoms with E-state index in [1.807, 2.05) is 13.8 Å². The minimum absolute atomic E-state index is 0.0433. The van der Waals surface area contributed by atoms with Crippen LogP contribution in [0.5, 0.6) is 5.75 Å². The number of fused-ring (bicyclic) bond motifs is 1. The summed E-state index contributed by atoms with van der Waals surface area (Å²) in [6.45, 7) is 15.1. The maximum Gasteiger partial charge on any atom is 0.427 e. The van der Waals surface area contributed by atoms with Gasteiger partial charge in [-0.05, 0) is 62.3 Å². The van der Waals surface area contributed by atoms with Gasteiger partial charge in [-0.25, -0.2) is 14.3 Å². The summed E-state index contributed by atoms with van der Waals surface area (Å²) in [6.07, 6.45) is -0.848. The van der Waals surface area contributed by atoms with E-state index in [2.05, 4.69) is 31.9 Å². The van der Waals surface area contributed by atoms with Gasteiger partial charge in [0.1, 0.15) is 28.2 Å². The van der Waals surface area contributed by atoms with Crippen molar-refractivity contribution in [3.63, 3.8) is 0 Å². The SMILES string of the molecule is CC#CC(Cc1nn(Cc2ncc(C)c(OC)c2C)c2nc(N(C(=O)OC(C)(C)C)C(=O)OC(C)(C)C)nc(Cl)c12)OS(C)(=O)=O. The van der Waals surface area contributed by atoms with Crippen molar-refractivity contribution in [2.24, 2.45) is 0 Å². The smallest absolute Gasteiger partial charge is 0.427 e. The number of ether oxygens (including phenoxy) is 3. The molecular weight excluding hydrogens is 640 g/mol. The quantitative estimate of drug-likeness (QED) is 0.175. The third-order valence-electron chi connectivity index (χ3n) is 5.98. The second kappa shape index (κ2) is 13.8. The van der Waals surface area contributed by atoms with Crippen LogP contribution in [-0.2, 0) is 36.7 Å². The molecular formula is C30H39ClN6O8S. The Morgan fingerprint density at radius 2 is 1.63 bits per heavy atom. The number of hydrogen-bond acceptors (Lipinski definition) is 12. The summed E-state index contributed by atoms with van der Waals surface area (Å²) in [5, 5.41) is 4.71. The summed E-state index contributed by atoms with van der Waals surface area (Å²) in [7, 11) is -2.34. The van der Waals surface area contributed by atoms with Crippen molar-refractivity contribution in [3.05, 3.63) is 33.9 Å². The summed E-state index contributed by atoms with van der Waals surface area (Å²) in [5.74, 6) is 5.58. The lowest BCUT2D eigenvalue weighted by atomic mass is 10.1. The van der Waals surface area contributed by atoms with Crippen molar-refractivity contribution >= 4 is 50.9 Å². The number of aryl methyl sites for hydroxylation is 1. The highest BCUT2D eigenvalue weighted by Gasteiger charge is 2.36. The number of amides is 2. The Morgan fingerprint density at radius 1 is 1.04 bits per heavy atom. The molecule has 1 unspecified atom stereocenters. The van der Waals surface area contributed by atoms with Gasteiger partial charge in [0.2, 0.25) is 5.95 Å². The summed E-state index contributed by atoms with van der Waals surface area (Å²) in [5.41, 5.74) is 0.527. The Kier molecular flexibility index (Phi) is 10.9. The van der Waals surface area contributed by atoms with E-state index in [1.54, 1.807) is 61.8 Å². The highest BCUT2D eigenvalue weighted by Crippen LogP contribution is 2.31. The van der Waals surface area contributed by atoms with Crippen LogP contribution in [0.4, 0.5) is 15.5 Å². The number of methoxy groups -OCH3 is 1. The van der Waals surface area contributed by atoms with Gasteiger partial charge in [0.15, 0.2) is 5.65 Å². The van der Waals surface area contributed by atoms with Crippen LogP contribution < -0.4 is 9.64 Å². The first kappa shape index (κ1) is 36.5. The van der Waals surface area contributed by atoms with Crippen molar-refractivity contribution in [3.8, 4) is 17.6 Å². The normalized spacial score (nSPS) is 12.7. The van der Waals surface area contributed by atoms with Gasteiger partial charge in [-0.3, -0.25) is 9.17 Å². The Hall–Kier alpha value is -4.00. The molecule has 46 heavy (non-hydrogen) atoms. The van der Waals surface area contributed by atoms with Gasteiger partial charge < -0.3 is 14.2 Å². The number of aromatic nitrogens is 5. The van der Waals surface area contributed by atoms with Crippen LogP contribution in [0.25, 0.3) is 11.0 Å². The predicted octanol–water partition coefficient (Wildman–Crippen LogP) is 5.14. The van der Waals surface area contributed by atoms with E-state index in [0.29, 0.717) is 16.3 Å². The molecule has 0 N–H and O–H groups in total. The molecule has 3 heterocycles. The third-order valence-corrected chi connectivity index (χ3v) is 6.84. The molecule has 0 saturated carbocycles. The largest absolute Gasteiger partial charge is 0.496 e. The van der Waals surface area contributed by atoms with Crippen molar-refractivity contribution in [2.75, 3.05) is 18.3 Å². The van der Waals surface area contributed by atoms with Gasteiger partial charge in [0, 0.05) is 23.7 Å². The van der Waals surface area contributed by atoms with E-state index in [1.165, 1.54) is 4.68 Å². The van der Waals surface area contributed by atoms with Crippen LogP contribution in [-0.4, -0.2) is 76.0 Å². The minimum Gasteiger partial charge on any atom is -0.496 e. The monoisotopic (exact) mass is 678 g/mol. The number of carbonyl (C=O) groups is 2. The maximum atomic E-state index is 13.4. The zero-order valence-electron chi connectivity index (χ0n) is 27.8. The lowest BCUT2D eigenvalue weighted by molar-refractivity contribution is 0.0427. The fraction of sp³-hybridized carbons (Fsp3) is 0.533. The van der Waals surface area contributed by atoms with Crippen LogP contribution >= 0.6 is 11.6 Å². The van der Waals surface area contributed by atoms with Crippen LogP contribution in [0.3, 0.4) is 0 Å². The van der Waals surface area contributed by atoms with E-state index in [4.69, 9.17) is 30.0 Å². The number of pyridine rings is 1. The average molecular weight is 679 g/mol. The molecule has 0 fully saturated rings. The number of nitrogens with zero attached hydrogens (tertiary/aromatic N) is 6. The number of anilines is 1. The van der Waals surface area contributed by atoms with Crippen molar-refractivity contribution in [1.29, 1.82) is 0 Å². The topological polar surface area (TPSA) is 165 Å². The van der Waals surface area contributed by atoms with E-state index >= 15 is 0 Å². The molecule has 2 amide bonds. The Morgan fingerprint density at radius 3 is 2.13 bits per heavy atom. The highest BCUT2D eigenvalue weighted by atomic mass is 35.5. The second-order valence-corrected chi connectivity index (χ2v) is 14.3. The van der Waals surface area contributed by atoms with Gasteiger partial charge >= 0.3 is 12.2 Å². The van der Waals surface area contributed by atoms with Gasteiger partial charge in [0.25, 0.3) is 10.1 Å². The van der Waals surface area contributed by atoms with E-state index in [9.17, 15) is 18.0 Å². The van der Waals surface area contributed by atoms with Crippen LogP contribution in [0, 0.1) is 25.7 Å². The summed E-state index contributed by atoms with van der Waals surface area (Å²) < 4.78 is 47.1. The van der Waals surface area contributed by atoms with Gasteiger partial charge in [-0.1, -0.05) is 17.5 Å². The third kappa shape index (κ3) is 9.27. The molecule has 0 aliphatic carbocycles. The molecule has 14 nitrogen and oxygen atoms in total. The van der Waals surface area contributed by atoms with Crippen molar-refractivity contribution < 1.29 is 36.4 Å². The number of imide groups is 1. The molecule has 16 heteroatoms. The Labute approximate surface area is 273 Å². The second-order valence-electron chi connectivity index (χ2n) is 12.3.